The van der Waals surface area contributed by atoms with E-state index in [2.05, 4.69) is 0 Å². The normalized spacial score (nSPS) is 21.0. The fraction of sp³-hybridized carbons (Fsp3) is 0.364. The standard InChI is InChI=1S/C22H25NO6/c1-3-4-14-28-22(26)23-18(15-8-6-5-7-9-15)19(21(24)25)29-20(23)16-10-12-17(27-2)13-11-16/h5-13,18-20H,3-4,14H2,1-2H3,(H,24,25). The Morgan fingerprint density at radius 3 is 2.34 bits per heavy atom. The molecule has 2 aromatic carbocycles. The van der Waals surface area contributed by atoms with Gasteiger partial charge < -0.3 is 19.3 Å². The molecule has 0 radical (unpaired) electrons. The summed E-state index contributed by atoms with van der Waals surface area (Å²) in [7, 11) is 1.56. The highest BCUT2D eigenvalue weighted by atomic mass is 16.6. The Morgan fingerprint density at radius 2 is 1.76 bits per heavy atom. The number of unbranched alkanes of at least 4 members (excludes halogenated alkanes) is 1. The molecule has 1 saturated heterocycles. The number of amides is 1. The number of aliphatic carboxylic acids is 1. The Balaban J connectivity index is 2.00. The van der Waals surface area contributed by atoms with E-state index in [0.29, 0.717) is 16.9 Å². The first-order valence-electron chi connectivity index (χ1n) is 9.59. The molecule has 7 nitrogen and oxygen atoms in total. The second-order valence-electron chi connectivity index (χ2n) is 6.75. The van der Waals surface area contributed by atoms with Crippen LogP contribution in [0.25, 0.3) is 0 Å². The summed E-state index contributed by atoms with van der Waals surface area (Å²) >= 11 is 0. The molecule has 1 amide bonds. The molecule has 7 heteroatoms. The number of rotatable bonds is 7. The lowest BCUT2D eigenvalue weighted by Crippen LogP contribution is -2.37. The molecule has 0 spiro atoms. The summed E-state index contributed by atoms with van der Waals surface area (Å²) in [5.74, 6) is -0.487. The molecular weight excluding hydrogens is 374 g/mol. The number of carbonyl (C=O) groups excluding carboxylic acids is 1. The van der Waals surface area contributed by atoms with Gasteiger partial charge in [-0.05, 0) is 24.1 Å². The van der Waals surface area contributed by atoms with Gasteiger partial charge in [-0.15, -0.1) is 0 Å². The van der Waals surface area contributed by atoms with Crippen LogP contribution in [-0.4, -0.2) is 41.9 Å². The van der Waals surface area contributed by atoms with Crippen LogP contribution in [-0.2, 0) is 14.3 Å². The summed E-state index contributed by atoms with van der Waals surface area (Å²) in [6, 6.07) is 15.2. The maximum absolute atomic E-state index is 13.0. The highest BCUT2D eigenvalue weighted by Crippen LogP contribution is 2.43. The maximum atomic E-state index is 13.0. The van der Waals surface area contributed by atoms with E-state index in [1.54, 1.807) is 55.6 Å². The fourth-order valence-corrected chi connectivity index (χ4v) is 3.34. The first kappa shape index (κ1) is 20.7. The Morgan fingerprint density at radius 1 is 1.07 bits per heavy atom. The fourth-order valence-electron chi connectivity index (χ4n) is 3.34. The molecule has 29 heavy (non-hydrogen) atoms. The van der Waals surface area contributed by atoms with Crippen LogP contribution < -0.4 is 4.74 Å². The average molecular weight is 399 g/mol. The maximum Gasteiger partial charge on any atom is 0.412 e. The molecule has 1 N–H and O–H groups in total. The molecule has 1 fully saturated rings. The van der Waals surface area contributed by atoms with Gasteiger partial charge in [-0.1, -0.05) is 55.8 Å². The monoisotopic (exact) mass is 399 g/mol. The topological polar surface area (TPSA) is 85.3 Å². The van der Waals surface area contributed by atoms with Crippen LogP contribution in [0, 0.1) is 0 Å². The SMILES string of the molecule is CCCCOC(=O)N1C(c2ccc(OC)cc2)OC(C(=O)O)C1c1ccccc1. The predicted octanol–water partition coefficient (Wildman–Crippen LogP) is 4.16. The van der Waals surface area contributed by atoms with Gasteiger partial charge in [-0.2, -0.15) is 0 Å². The average Bonchev–Trinajstić information content (AvgIpc) is 3.15. The van der Waals surface area contributed by atoms with Crippen LogP contribution in [0.4, 0.5) is 4.79 Å². The third-order valence-electron chi connectivity index (χ3n) is 4.83. The van der Waals surface area contributed by atoms with Crippen LogP contribution in [0.3, 0.4) is 0 Å². The number of carboxylic acid groups (broad SMARTS) is 1. The summed E-state index contributed by atoms with van der Waals surface area (Å²) in [6.45, 7) is 2.26. The van der Waals surface area contributed by atoms with Crippen molar-refractivity contribution in [3.05, 3.63) is 65.7 Å². The molecule has 0 bridgehead atoms. The van der Waals surface area contributed by atoms with Gasteiger partial charge in [0.05, 0.1) is 13.7 Å². The van der Waals surface area contributed by atoms with Crippen molar-refractivity contribution in [2.75, 3.05) is 13.7 Å². The summed E-state index contributed by atoms with van der Waals surface area (Å²) in [5.41, 5.74) is 1.31. The molecule has 3 atom stereocenters. The zero-order valence-electron chi connectivity index (χ0n) is 16.5. The first-order chi connectivity index (χ1) is 14.1. The summed E-state index contributed by atoms with van der Waals surface area (Å²) < 4.78 is 16.5. The van der Waals surface area contributed by atoms with E-state index in [-0.39, 0.29) is 6.61 Å². The van der Waals surface area contributed by atoms with E-state index in [4.69, 9.17) is 14.2 Å². The number of carbonyl (C=O) groups is 2. The van der Waals surface area contributed by atoms with E-state index in [1.165, 1.54) is 4.90 Å². The number of nitrogens with zero attached hydrogens (tertiary/aromatic N) is 1. The van der Waals surface area contributed by atoms with Gasteiger partial charge in [0, 0.05) is 5.56 Å². The lowest BCUT2D eigenvalue weighted by atomic mass is 10.0. The van der Waals surface area contributed by atoms with Crippen molar-refractivity contribution in [3.63, 3.8) is 0 Å². The Kier molecular flexibility index (Phi) is 6.72. The molecule has 154 valence electrons. The van der Waals surface area contributed by atoms with E-state index in [0.717, 1.165) is 12.8 Å². The van der Waals surface area contributed by atoms with Crippen molar-refractivity contribution in [1.29, 1.82) is 0 Å². The third-order valence-corrected chi connectivity index (χ3v) is 4.83. The van der Waals surface area contributed by atoms with Crippen molar-refractivity contribution in [2.24, 2.45) is 0 Å². The number of hydrogen-bond donors (Lipinski definition) is 1. The number of ether oxygens (including phenoxy) is 3. The van der Waals surface area contributed by atoms with E-state index >= 15 is 0 Å². The second kappa shape index (κ2) is 9.43. The molecule has 0 aromatic heterocycles. The molecule has 3 unspecified atom stereocenters. The Hall–Kier alpha value is -3.06. The van der Waals surface area contributed by atoms with Crippen LogP contribution in [0.1, 0.15) is 43.2 Å². The number of methoxy groups -OCH3 is 1. The van der Waals surface area contributed by atoms with Crippen molar-refractivity contribution in [2.45, 2.75) is 38.1 Å². The zero-order valence-corrected chi connectivity index (χ0v) is 16.5. The van der Waals surface area contributed by atoms with Gasteiger partial charge in [0.25, 0.3) is 0 Å². The van der Waals surface area contributed by atoms with E-state index in [9.17, 15) is 14.7 Å². The van der Waals surface area contributed by atoms with Crippen molar-refractivity contribution in [3.8, 4) is 5.75 Å². The van der Waals surface area contributed by atoms with Crippen molar-refractivity contribution in [1.82, 2.24) is 4.90 Å². The first-order valence-corrected chi connectivity index (χ1v) is 9.59. The molecule has 1 heterocycles. The third kappa shape index (κ3) is 4.51. The molecule has 1 aliphatic heterocycles. The van der Waals surface area contributed by atoms with Gasteiger partial charge >= 0.3 is 12.1 Å². The predicted molar refractivity (Wildman–Crippen MR) is 106 cm³/mol. The van der Waals surface area contributed by atoms with Crippen LogP contribution in [0.2, 0.25) is 0 Å². The molecule has 3 rings (SSSR count). The number of benzene rings is 2. The summed E-state index contributed by atoms with van der Waals surface area (Å²) in [5, 5.41) is 9.78. The van der Waals surface area contributed by atoms with Crippen molar-refractivity contribution >= 4 is 12.1 Å². The lowest BCUT2D eigenvalue weighted by Gasteiger charge is -2.28. The van der Waals surface area contributed by atoms with Gasteiger partial charge in [0.15, 0.2) is 12.3 Å². The van der Waals surface area contributed by atoms with Gasteiger partial charge in [-0.3, -0.25) is 4.90 Å². The van der Waals surface area contributed by atoms with Crippen molar-refractivity contribution < 1.29 is 28.9 Å². The van der Waals surface area contributed by atoms with Crippen LogP contribution >= 0.6 is 0 Å². The highest BCUT2D eigenvalue weighted by Gasteiger charge is 2.50. The van der Waals surface area contributed by atoms with E-state index in [1.807, 2.05) is 13.0 Å². The van der Waals surface area contributed by atoms with Crippen LogP contribution in [0.15, 0.2) is 54.6 Å². The quantitative estimate of drug-likeness (QED) is 0.704. The Labute approximate surface area is 169 Å². The summed E-state index contributed by atoms with van der Waals surface area (Å²) in [6.07, 6.45) is -1.10. The summed E-state index contributed by atoms with van der Waals surface area (Å²) in [4.78, 5) is 26.3. The van der Waals surface area contributed by atoms with Crippen LogP contribution in [0.5, 0.6) is 5.75 Å². The molecular formula is C22H25NO6. The van der Waals surface area contributed by atoms with Gasteiger partial charge in [0.2, 0.25) is 0 Å². The van der Waals surface area contributed by atoms with E-state index < -0.39 is 30.4 Å². The smallest absolute Gasteiger partial charge is 0.412 e. The minimum absolute atomic E-state index is 0.264. The lowest BCUT2D eigenvalue weighted by molar-refractivity contribution is -0.150. The number of carboxylic acids is 1. The Bertz CT molecular complexity index is 823. The number of hydrogen-bond acceptors (Lipinski definition) is 5. The largest absolute Gasteiger partial charge is 0.497 e. The highest BCUT2D eigenvalue weighted by molar-refractivity contribution is 5.77. The van der Waals surface area contributed by atoms with Gasteiger partial charge in [0.1, 0.15) is 11.8 Å². The molecule has 0 aliphatic carbocycles. The zero-order chi connectivity index (χ0) is 20.8. The molecule has 1 aliphatic rings. The molecule has 2 aromatic rings. The second-order valence-corrected chi connectivity index (χ2v) is 6.75. The minimum atomic E-state index is -1.22. The molecule has 0 saturated carbocycles. The minimum Gasteiger partial charge on any atom is -0.497 e. The van der Waals surface area contributed by atoms with Gasteiger partial charge in [-0.25, -0.2) is 9.59 Å².